The summed E-state index contributed by atoms with van der Waals surface area (Å²) in [6.07, 6.45) is 30.6. The second-order valence-corrected chi connectivity index (χ2v) is 13.1. The molecule has 0 fully saturated rings. The highest BCUT2D eigenvalue weighted by molar-refractivity contribution is 5.79. The largest absolute Gasteiger partial charge is 0.352 e. The van der Waals surface area contributed by atoms with Gasteiger partial charge in [0, 0.05) is 13.1 Å². The Morgan fingerprint density at radius 2 is 0.909 bits per heavy atom. The molecule has 0 saturated heterocycles. The standard InChI is InChI=1S/C38H62N4O2/c1-3-5-7-9-11-13-15-16-17-18-20-21-23-27-31-41-34-30-26-25-29-33(34)39-35-36(41)40-38(44)42(37(35)43)32-28-24-22-19-14-12-10-8-6-4-2/h25-26,29-30H,3-24,27-28,31-32H2,1-2H3. The molecular weight excluding hydrogens is 544 g/mol. The van der Waals surface area contributed by atoms with Crippen LogP contribution in [0.4, 0.5) is 0 Å². The van der Waals surface area contributed by atoms with E-state index in [4.69, 9.17) is 4.98 Å². The highest BCUT2D eigenvalue weighted by atomic mass is 16.2. The third-order valence-electron chi connectivity index (χ3n) is 9.22. The lowest BCUT2D eigenvalue weighted by Gasteiger charge is -2.18. The molecule has 0 saturated carbocycles. The van der Waals surface area contributed by atoms with E-state index in [2.05, 4.69) is 23.4 Å². The third-order valence-corrected chi connectivity index (χ3v) is 9.22. The van der Waals surface area contributed by atoms with Gasteiger partial charge in [-0.1, -0.05) is 167 Å². The quantitative estimate of drug-likeness (QED) is 0.0673. The smallest absolute Gasteiger partial charge is 0.322 e. The van der Waals surface area contributed by atoms with E-state index in [1.54, 1.807) is 0 Å². The molecule has 0 N–H and O–H groups in total. The summed E-state index contributed by atoms with van der Waals surface area (Å²) in [5, 5.41) is 0. The summed E-state index contributed by atoms with van der Waals surface area (Å²) in [4.78, 5) is 35.7. The molecule has 6 nitrogen and oxygen atoms in total. The van der Waals surface area contributed by atoms with E-state index in [0.717, 1.165) is 49.7 Å². The molecule has 1 aromatic carbocycles. The number of rotatable bonds is 26. The Bertz CT molecular complexity index is 1260. The summed E-state index contributed by atoms with van der Waals surface area (Å²) in [6, 6.07) is 7.92. The van der Waals surface area contributed by atoms with Crippen molar-refractivity contribution in [3.05, 3.63) is 45.1 Å². The van der Waals surface area contributed by atoms with Gasteiger partial charge < -0.3 is 4.57 Å². The van der Waals surface area contributed by atoms with Gasteiger partial charge in [0.2, 0.25) is 0 Å². The van der Waals surface area contributed by atoms with Crippen molar-refractivity contribution < 1.29 is 0 Å². The van der Waals surface area contributed by atoms with Gasteiger partial charge in [0.25, 0.3) is 5.56 Å². The number of hydrogen-bond acceptors (Lipinski definition) is 4. The number of aryl methyl sites for hydroxylation is 1. The summed E-state index contributed by atoms with van der Waals surface area (Å²) in [5.74, 6) is 0.438. The third kappa shape index (κ3) is 12.5. The summed E-state index contributed by atoms with van der Waals surface area (Å²) in [5.41, 5.74) is 1.31. The average Bonchev–Trinajstić information content (AvgIpc) is 3.03. The molecule has 6 heteroatoms. The van der Waals surface area contributed by atoms with E-state index >= 15 is 0 Å². The molecule has 44 heavy (non-hydrogen) atoms. The first-order chi connectivity index (χ1) is 21.7. The summed E-state index contributed by atoms with van der Waals surface area (Å²) >= 11 is 0. The molecule has 2 heterocycles. The number of fused-ring (bicyclic) bond motifs is 2. The molecular formula is C38H62N4O2. The van der Waals surface area contributed by atoms with E-state index in [1.807, 2.05) is 24.3 Å². The Hall–Kier alpha value is -2.50. The minimum Gasteiger partial charge on any atom is -0.322 e. The van der Waals surface area contributed by atoms with Crippen LogP contribution in [0.2, 0.25) is 0 Å². The zero-order chi connectivity index (χ0) is 31.2. The van der Waals surface area contributed by atoms with E-state index in [-0.39, 0.29) is 5.56 Å². The van der Waals surface area contributed by atoms with E-state index in [9.17, 15) is 9.59 Å². The number of para-hydroxylation sites is 2. The molecule has 0 aliphatic carbocycles. The van der Waals surface area contributed by atoms with Crippen molar-refractivity contribution in [3.63, 3.8) is 0 Å². The number of unbranched alkanes of at least 4 members (excludes halogenated alkanes) is 22. The molecule has 0 bridgehead atoms. The highest BCUT2D eigenvalue weighted by Gasteiger charge is 2.21. The number of benzene rings is 1. The second kappa shape index (κ2) is 22.1. The molecule has 0 radical (unpaired) electrons. The van der Waals surface area contributed by atoms with Crippen molar-refractivity contribution in [1.29, 1.82) is 0 Å². The second-order valence-electron chi connectivity index (χ2n) is 13.1. The topological polar surface area (TPSA) is 69.8 Å². The van der Waals surface area contributed by atoms with Gasteiger partial charge in [-0.2, -0.15) is 4.98 Å². The van der Waals surface area contributed by atoms with Crippen LogP contribution < -0.4 is 11.2 Å². The average molecular weight is 607 g/mol. The van der Waals surface area contributed by atoms with Gasteiger partial charge in [0.1, 0.15) is 0 Å². The van der Waals surface area contributed by atoms with Gasteiger partial charge >= 0.3 is 5.69 Å². The fourth-order valence-corrected chi connectivity index (χ4v) is 6.47. The number of hydrogen-bond donors (Lipinski definition) is 0. The van der Waals surface area contributed by atoms with Crippen LogP contribution in [0.25, 0.3) is 22.6 Å². The lowest BCUT2D eigenvalue weighted by Crippen LogP contribution is -2.38. The zero-order valence-electron chi connectivity index (χ0n) is 28.3. The predicted octanol–water partition coefficient (Wildman–Crippen LogP) is 10.5. The summed E-state index contributed by atoms with van der Waals surface area (Å²) in [7, 11) is 0. The van der Waals surface area contributed by atoms with Gasteiger partial charge in [0.15, 0.2) is 11.5 Å². The van der Waals surface area contributed by atoms with Gasteiger partial charge in [-0.05, 0) is 25.0 Å². The molecule has 0 aromatic heterocycles. The molecule has 0 atom stereocenters. The molecule has 0 unspecified atom stereocenters. The predicted molar refractivity (Wildman–Crippen MR) is 187 cm³/mol. The van der Waals surface area contributed by atoms with Gasteiger partial charge in [-0.15, -0.1) is 0 Å². The first-order valence-corrected chi connectivity index (χ1v) is 18.6. The lowest BCUT2D eigenvalue weighted by molar-refractivity contribution is 0.515. The fraction of sp³-hybridized carbons (Fsp3) is 0.737. The molecule has 2 aliphatic rings. The van der Waals surface area contributed by atoms with E-state index in [0.29, 0.717) is 18.1 Å². The number of nitrogens with zero attached hydrogens (tertiary/aromatic N) is 4. The Balaban J connectivity index is 1.46. The van der Waals surface area contributed by atoms with Crippen molar-refractivity contribution in [3.8, 4) is 11.5 Å². The van der Waals surface area contributed by atoms with Crippen LogP contribution in [-0.2, 0) is 13.1 Å². The van der Waals surface area contributed by atoms with Crippen molar-refractivity contribution in [2.45, 2.75) is 181 Å². The first-order valence-electron chi connectivity index (χ1n) is 18.6. The highest BCUT2D eigenvalue weighted by Crippen LogP contribution is 2.22. The van der Waals surface area contributed by atoms with Crippen LogP contribution in [0, 0.1) is 0 Å². The maximum absolute atomic E-state index is 13.5. The van der Waals surface area contributed by atoms with Crippen molar-refractivity contribution in [1.82, 2.24) is 19.1 Å². The monoisotopic (exact) mass is 606 g/mol. The Labute approximate surface area is 267 Å². The van der Waals surface area contributed by atoms with Crippen molar-refractivity contribution in [2.75, 3.05) is 0 Å². The maximum Gasteiger partial charge on any atom is 0.352 e. The normalized spacial score (nSPS) is 11.7. The molecule has 2 aliphatic heterocycles. The van der Waals surface area contributed by atoms with Gasteiger partial charge in [-0.3, -0.25) is 9.36 Å². The lowest BCUT2D eigenvalue weighted by atomic mass is 10.0. The molecule has 246 valence electrons. The number of aromatic nitrogens is 4. The SMILES string of the molecule is CCCCCCCCCCCCCCCCn1c2nc(=O)n(CCCCCCCCCCCC)c(=O)c-2nc2ccccc21. The summed E-state index contributed by atoms with van der Waals surface area (Å²) in [6.45, 7) is 5.69. The van der Waals surface area contributed by atoms with E-state index < -0.39 is 5.69 Å². The first kappa shape index (κ1) is 36.0. The van der Waals surface area contributed by atoms with Crippen LogP contribution in [0.15, 0.2) is 33.9 Å². The fourth-order valence-electron chi connectivity index (χ4n) is 6.47. The molecule has 1 aromatic rings. The van der Waals surface area contributed by atoms with Crippen LogP contribution >= 0.6 is 0 Å². The minimum absolute atomic E-state index is 0.295. The molecule has 0 spiro atoms. The van der Waals surface area contributed by atoms with Crippen molar-refractivity contribution >= 4 is 11.0 Å². The zero-order valence-corrected chi connectivity index (χ0v) is 28.3. The Morgan fingerprint density at radius 1 is 0.500 bits per heavy atom. The minimum atomic E-state index is -0.440. The summed E-state index contributed by atoms with van der Waals surface area (Å²) < 4.78 is 3.37. The van der Waals surface area contributed by atoms with E-state index in [1.165, 1.54) is 127 Å². The van der Waals surface area contributed by atoms with Crippen LogP contribution in [0.5, 0.6) is 0 Å². The molecule has 3 rings (SSSR count). The van der Waals surface area contributed by atoms with Gasteiger partial charge in [0.05, 0.1) is 11.0 Å². The Morgan fingerprint density at radius 3 is 1.39 bits per heavy atom. The molecule has 0 amide bonds. The van der Waals surface area contributed by atoms with Crippen LogP contribution in [0.1, 0.15) is 168 Å². The Kier molecular flexibility index (Phi) is 18.0. The van der Waals surface area contributed by atoms with Crippen LogP contribution in [-0.4, -0.2) is 19.1 Å². The van der Waals surface area contributed by atoms with Crippen molar-refractivity contribution in [2.24, 2.45) is 0 Å². The van der Waals surface area contributed by atoms with Crippen LogP contribution in [0.3, 0.4) is 0 Å². The maximum atomic E-state index is 13.5. The van der Waals surface area contributed by atoms with Gasteiger partial charge in [-0.25, -0.2) is 9.78 Å².